The summed E-state index contributed by atoms with van der Waals surface area (Å²) in [6, 6.07) is 1.69. The van der Waals surface area contributed by atoms with Gasteiger partial charge in [-0.2, -0.15) is 13.2 Å². The molecule has 0 amide bonds. The van der Waals surface area contributed by atoms with Gasteiger partial charge in [0.05, 0.1) is 11.3 Å². The first-order valence-electron chi connectivity index (χ1n) is 6.58. The summed E-state index contributed by atoms with van der Waals surface area (Å²) in [5.74, 6) is -0.0196. The van der Waals surface area contributed by atoms with Gasteiger partial charge in [-0.3, -0.25) is 0 Å². The molecule has 0 saturated heterocycles. The monoisotopic (exact) mass is 349 g/mol. The summed E-state index contributed by atoms with van der Waals surface area (Å²) >= 11 is 0. The predicted octanol–water partition coefficient (Wildman–Crippen LogP) is 2.69. The first-order valence-corrected chi connectivity index (χ1v) is 8.06. The molecule has 23 heavy (non-hydrogen) atoms. The summed E-state index contributed by atoms with van der Waals surface area (Å²) in [4.78, 5) is 3.36. The maximum atomic E-state index is 12.9. The molecule has 0 aromatic carbocycles. The van der Waals surface area contributed by atoms with Gasteiger partial charge >= 0.3 is 6.18 Å². The van der Waals surface area contributed by atoms with Crippen molar-refractivity contribution in [1.29, 1.82) is 0 Å². The van der Waals surface area contributed by atoms with Gasteiger partial charge in [0.25, 0.3) is 10.0 Å². The normalized spacial score (nSPS) is 12.8. The van der Waals surface area contributed by atoms with E-state index in [1.807, 2.05) is 13.8 Å². The third kappa shape index (κ3) is 3.88. The second-order valence-electron chi connectivity index (χ2n) is 5.06. The number of alkyl halides is 3. The Labute approximate surface area is 130 Å². The maximum absolute atomic E-state index is 12.9. The van der Waals surface area contributed by atoms with Crippen molar-refractivity contribution in [1.82, 2.24) is 14.9 Å². The molecule has 0 fully saturated rings. The highest BCUT2D eigenvalue weighted by atomic mass is 32.2. The number of sulfonamides is 1. The van der Waals surface area contributed by atoms with Crippen LogP contribution in [0.15, 0.2) is 34.1 Å². The fraction of sp³-hybridized carbons (Fsp3) is 0.385. The number of nitrogens with one attached hydrogen (secondary N) is 1. The zero-order chi connectivity index (χ0) is 17.3. The smallest absolute Gasteiger partial charge is 0.364 e. The Morgan fingerprint density at radius 2 is 2.04 bits per heavy atom. The molecule has 0 bridgehead atoms. The summed E-state index contributed by atoms with van der Waals surface area (Å²) in [7, 11) is -4.44. The van der Waals surface area contributed by atoms with E-state index < -0.39 is 26.8 Å². The second kappa shape index (κ2) is 6.28. The molecule has 1 N–H and O–H groups in total. The molecule has 0 atom stereocenters. The van der Waals surface area contributed by atoms with E-state index in [1.165, 1.54) is 6.26 Å². The van der Waals surface area contributed by atoms with E-state index in [4.69, 9.17) is 4.52 Å². The topological polar surface area (TPSA) is 85.1 Å². The Balaban J connectivity index is 2.29. The van der Waals surface area contributed by atoms with Crippen LogP contribution in [0.2, 0.25) is 0 Å². The third-order valence-electron chi connectivity index (χ3n) is 3.01. The lowest BCUT2D eigenvalue weighted by molar-refractivity contribution is -0.140. The minimum atomic E-state index is -4.82. The molecule has 0 saturated carbocycles. The van der Waals surface area contributed by atoms with Crippen LogP contribution < -0.4 is 4.72 Å². The molecule has 0 aliphatic rings. The van der Waals surface area contributed by atoms with E-state index in [0.717, 1.165) is 12.3 Å². The van der Waals surface area contributed by atoms with Crippen LogP contribution in [0.5, 0.6) is 0 Å². The summed E-state index contributed by atoms with van der Waals surface area (Å²) < 4.78 is 69.9. The van der Waals surface area contributed by atoms with Gasteiger partial charge in [0, 0.05) is 18.3 Å². The van der Waals surface area contributed by atoms with Crippen LogP contribution in [-0.4, -0.2) is 18.6 Å². The zero-order valence-corrected chi connectivity index (χ0v) is 13.1. The third-order valence-corrected chi connectivity index (χ3v) is 4.36. The van der Waals surface area contributed by atoms with Crippen LogP contribution >= 0.6 is 0 Å². The molecule has 0 spiro atoms. The fourth-order valence-corrected chi connectivity index (χ4v) is 3.09. The number of rotatable bonds is 5. The second-order valence-corrected chi connectivity index (χ2v) is 6.74. The Bertz CT molecular complexity index is 785. The number of pyridine rings is 1. The lowest BCUT2D eigenvalue weighted by Crippen LogP contribution is -2.27. The highest BCUT2D eigenvalue weighted by molar-refractivity contribution is 7.89. The van der Waals surface area contributed by atoms with Crippen molar-refractivity contribution in [3.8, 4) is 0 Å². The van der Waals surface area contributed by atoms with Crippen LogP contribution in [0.3, 0.4) is 0 Å². The summed E-state index contributed by atoms with van der Waals surface area (Å²) in [5.41, 5.74) is -0.334. The number of aromatic nitrogens is 2. The zero-order valence-electron chi connectivity index (χ0n) is 12.3. The van der Waals surface area contributed by atoms with Crippen molar-refractivity contribution in [2.75, 3.05) is 0 Å². The maximum Gasteiger partial charge on any atom is 0.419 e. The van der Waals surface area contributed by atoms with Crippen molar-refractivity contribution in [2.45, 2.75) is 37.5 Å². The van der Waals surface area contributed by atoms with E-state index >= 15 is 0 Å². The van der Waals surface area contributed by atoms with Gasteiger partial charge < -0.3 is 4.52 Å². The predicted molar refractivity (Wildman–Crippen MR) is 73.9 cm³/mol. The summed E-state index contributed by atoms with van der Waals surface area (Å²) in [6.07, 6.45) is -2.58. The summed E-state index contributed by atoms with van der Waals surface area (Å²) in [5, 5.41) is 2.68. The Kier molecular flexibility index (Phi) is 4.76. The molecule has 2 aromatic rings. The largest absolute Gasteiger partial charge is 0.419 e. The van der Waals surface area contributed by atoms with E-state index in [2.05, 4.69) is 14.9 Å². The Morgan fingerprint density at radius 3 is 2.65 bits per heavy atom. The van der Waals surface area contributed by atoms with Gasteiger partial charge in [-0.25, -0.2) is 18.1 Å². The molecule has 0 aliphatic heterocycles. The molecule has 2 heterocycles. The molecule has 0 aliphatic carbocycles. The minimum Gasteiger partial charge on any atom is -0.364 e. The van der Waals surface area contributed by atoms with Crippen LogP contribution in [-0.2, 0) is 22.7 Å². The van der Waals surface area contributed by atoms with Crippen LogP contribution in [0.4, 0.5) is 13.2 Å². The van der Waals surface area contributed by atoms with E-state index in [0.29, 0.717) is 17.3 Å². The number of hydrogen-bond donors (Lipinski definition) is 1. The molecule has 2 rings (SSSR count). The van der Waals surface area contributed by atoms with Gasteiger partial charge in [-0.05, 0) is 18.1 Å². The molecule has 6 nitrogen and oxygen atoms in total. The fourth-order valence-electron chi connectivity index (χ4n) is 1.94. The Hall–Kier alpha value is -1.94. The standard InChI is InChI=1S/C13H14F3N3O3S/c1-8(2)11-9(7-22-19-11)6-18-23(20,21)12-10(13(14,15)16)4-3-5-17-12/h3-5,7-8,18H,6H2,1-2H3. The molecule has 10 heteroatoms. The van der Waals surface area contributed by atoms with Crippen molar-refractivity contribution in [3.05, 3.63) is 41.4 Å². The van der Waals surface area contributed by atoms with Crippen molar-refractivity contribution in [2.24, 2.45) is 0 Å². The number of halogens is 3. The van der Waals surface area contributed by atoms with Gasteiger partial charge in [-0.1, -0.05) is 19.0 Å². The molecule has 126 valence electrons. The quantitative estimate of drug-likeness (QED) is 0.897. The highest BCUT2D eigenvalue weighted by Gasteiger charge is 2.38. The highest BCUT2D eigenvalue weighted by Crippen LogP contribution is 2.32. The average molecular weight is 349 g/mol. The van der Waals surface area contributed by atoms with E-state index in [1.54, 1.807) is 0 Å². The van der Waals surface area contributed by atoms with Crippen molar-refractivity contribution < 1.29 is 26.1 Å². The molecule has 0 unspecified atom stereocenters. The molecule has 0 radical (unpaired) electrons. The molecular formula is C13H14F3N3O3S. The number of nitrogens with zero attached hydrogens (tertiary/aromatic N) is 2. The van der Waals surface area contributed by atoms with Crippen LogP contribution in [0, 0.1) is 0 Å². The summed E-state index contributed by atoms with van der Waals surface area (Å²) in [6.45, 7) is 3.42. The molecular weight excluding hydrogens is 335 g/mol. The average Bonchev–Trinajstić information content (AvgIpc) is 2.93. The SMILES string of the molecule is CC(C)c1nocc1CNS(=O)(=O)c1ncccc1C(F)(F)F. The van der Waals surface area contributed by atoms with Crippen molar-refractivity contribution >= 4 is 10.0 Å². The first-order chi connectivity index (χ1) is 10.6. The first kappa shape index (κ1) is 17.4. The van der Waals surface area contributed by atoms with Crippen molar-refractivity contribution in [3.63, 3.8) is 0 Å². The van der Waals surface area contributed by atoms with E-state index in [-0.39, 0.29) is 12.5 Å². The lowest BCUT2D eigenvalue weighted by Gasteiger charge is -2.12. The van der Waals surface area contributed by atoms with Gasteiger partial charge in [0.1, 0.15) is 6.26 Å². The Morgan fingerprint density at radius 1 is 1.35 bits per heavy atom. The van der Waals surface area contributed by atoms with Gasteiger partial charge in [0.2, 0.25) is 0 Å². The van der Waals surface area contributed by atoms with Gasteiger partial charge in [-0.15, -0.1) is 0 Å². The minimum absolute atomic E-state index is 0.0196. The lowest BCUT2D eigenvalue weighted by atomic mass is 10.1. The van der Waals surface area contributed by atoms with Crippen LogP contribution in [0.1, 0.15) is 36.6 Å². The van der Waals surface area contributed by atoms with Gasteiger partial charge in [0.15, 0.2) is 5.03 Å². The van der Waals surface area contributed by atoms with Crippen LogP contribution in [0.25, 0.3) is 0 Å². The number of hydrogen-bond acceptors (Lipinski definition) is 5. The van der Waals surface area contributed by atoms with E-state index in [9.17, 15) is 21.6 Å². The molecule has 2 aromatic heterocycles.